The van der Waals surface area contributed by atoms with E-state index in [1.54, 1.807) is 0 Å². The van der Waals surface area contributed by atoms with Crippen LogP contribution in [0.1, 0.15) is 5.56 Å². The average Bonchev–Trinajstić information content (AvgIpc) is 2.94. The Balaban J connectivity index is 0.000000167. The largest absolute Gasteiger partial charge is 1.00 e. The van der Waals surface area contributed by atoms with Crippen LogP contribution in [0.5, 0.6) is 0 Å². The van der Waals surface area contributed by atoms with Gasteiger partial charge in [-0.3, -0.25) is 5.92 Å². The quantitative estimate of drug-likeness (QED) is 0.0612. The maximum absolute atomic E-state index is 7.46. The van der Waals surface area contributed by atoms with E-state index < -0.39 is 7.92 Å². The van der Waals surface area contributed by atoms with Crippen LogP contribution in [0.15, 0.2) is 146 Å². The maximum Gasteiger partial charge on any atom is 1.00 e. The molecular formula is C34H24AuP. The van der Waals surface area contributed by atoms with E-state index in [0.29, 0.717) is 0 Å². The topological polar surface area (TPSA) is 0 Å². The summed E-state index contributed by atoms with van der Waals surface area (Å²) in [6.07, 6.45) is 7.46. The van der Waals surface area contributed by atoms with Crippen LogP contribution in [0.4, 0.5) is 0 Å². The van der Waals surface area contributed by atoms with E-state index in [1.165, 1.54) is 15.9 Å². The number of fused-ring (bicyclic) bond motifs is 2. The zero-order valence-electron chi connectivity index (χ0n) is 19.6. The first-order valence-corrected chi connectivity index (χ1v) is 13.0. The predicted molar refractivity (Wildman–Crippen MR) is 153 cm³/mol. The van der Waals surface area contributed by atoms with Gasteiger partial charge in [-0.2, -0.15) is 0 Å². The minimum Gasteiger partial charge on any atom is -0.366 e. The van der Waals surface area contributed by atoms with Crippen molar-refractivity contribution in [1.82, 2.24) is 0 Å². The first-order chi connectivity index (χ1) is 17.3. The van der Waals surface area contributed by atoms with E-state index in [2.05, 4.69) is 115 Å². The van der Waals surface area contributed by atoms with Crippen molar-refractivity contribution in [3.05, 3.63) is 158 Å². The molecular weight excluding hydrogens is 636 g/mol. The van der Waals surface area contributed by atoms with Gasteiger partial charge in [0.25, 0.3) is 0 Å². The Morgan fingerprint density at radius 1 is 0.444 bits per heavy atom. The summed E-state index contributed by atoms with van der Waals surface area (Å²) in [5.74, 6) is 2.56. The third-order valence-electron chi connectivity index (χ3n) is 5.94. The fourth-order valence-corrected chi connectivity index (χ4v) is 6.63. The van der Waals surface area contributed by atoms with E-state index in [1.807, 2.05) is 36.4 Å². The third-order valence-corrected chi connectivity index (χ3v) is 8.38. The fourth-order valence-electron chi connectivity index (χ4n) is 4.33. The number of rotatable bonds is 3. The summed E-state index contributed by atoms with van der Waals surface area (Å²) in [6.45, 7) is 0. The zero-order valence-corrected chi connectivity index (χ0v) is 22.7. The van der Waals surface area contributed by atoms with Crippen LogP contribution >= 0.6 is 7.92 Å². The standard InChI is InChI=1S/C18H15P.C16H9.Au/c1-4-10-16(11-5-1)19(17-12-6-2-7-13-17)18-14-8-3-9-15-18;1-2-14-15-9-5-3-7-12(15)11-13-8-4-6-10-16(13)14;/h1-15H;3-11H;/q;-1;+1. The molecule has 0 aliphatic rings. The van der Waals surface area contributed by atoms with Crippen molar-refractivity contribution in [3.8, 4) is 5.92 Å². The molecule has 0 N–H and O–H groups in total. The normalized spacial score (nSPS) is 10.2. The van der Waals surface area contributed by atoms with Crippen LogP contribution in [-0.2, 0) is 22.4 Å². The van der Waals surface area contributed by atoms with Crippen LogP contribution in [0, 0.1) is 12.3 Å². The van der Waals surface area contributed by atoms with E-state index in [4.69, 9.17) is 6.42 Å². The molecule has 0 unspecified atom stereocenters. The molecule has 0 saturated heterocycles. The molecule has 0 aromatic heterocycles. The molecule has 0 saturated carbocycles. The van der Waals surface area contributed by atoms with Gasteiger partial charge in [0.2, 0.25) is 0 Å². The molecule has 0 bridgehead atoms. The van der Waals surface area contributed by atoms with E-state index in [0.717, 1.165) is 27.1 Å². The second kappa shape index (κ2) is 12.5. The van der Waals surface area contributed by atoms with Gasteiger partial charge in [-0.1, -0.05) is 150 Å². The molecule has 0 radical (unpaired) electrons. The molecule has 2 heteroatoms. The van der Waals surface area contributed by atoms with Crippen LogP contribution in [0.2, 0.25) is 0 Å². The van der Waals surface area contributed by atoms with Gasteiger partial charge in [-0.05, 0) is 40.7 Å². The van der Waals surface area contributed by atoms with Crippen molar-refractivity contribution in [2.24, 2.45) is 0 Å². The van der Waals surface area contributed by atoms with Gasteiger partial charge in [0.1, 0.15) is 0 Å². The van der Waals surface area contributed by atoms with Gasteiger partial charge in [-0.15, -0.1) is 5.56 Å². The van der Waals surface area contributed by atoms with Crippen molar-refractivity contribution in [2.45, 2.75) is 0 Å². The Morgan fingerprint density at radius 3 is 1.14 bits per heavy atom. The van der Waals surface area contributed by atoms with Crippen molar-refractivity contribution in [2.75, 3.05) is 0 Å². The molecule has 6 rings (SSSR count). The summed E-state index contributed by atoms with van der Waals surface area (Å²) in [5.41, 5.74) is 0.883. The van der Waals surface area contributed by atoms with Crippen LogP contribution in [0.25, 0.3) is 21.5 Å². The molecule has 6 aromatic carbocycles. The minimum absolute atomic E-state index is 0. The van der Waals surface area contributed by atoms with Crippen molar-refractivity contribution in [1.29, 1.82) is 0 Å². The van der Waals surface area contributed by atoms with Gasteiger partial charge >= 0.3 is 22.4 Å². The van der Waals surface area contributed by atoms with Crippen LogP contribution in [-0.4, -0.2) is 0 Å². The first-order valence-electron chi connectivity index (χ1n) is 11.6. The molecule has 0 heterocycles. The zero-order chi connectivity index (χ0) is 23.9. The SMILES string of the molecule is [Au+].[C-]#Cc1c2ccccc2cc2ccccc12.c1ccc(P(c2ccccc2)c2ccccc2)cc1. The molecule has 0 spiro atoms. The summed E-state index contributed by atoms with van der Waals surface area (Å²) >= 11 is 0. The number of hydrogen-bond acceptors (Lipinski definition) is 0. The molecule has 0 amide bonds. The Labute approximate surface area is 230 Å². The molecule has 36 heavy (non-hydrogen) atoms. The van der Waals surface area contributed by atoms with Crippen LogP contribution < -0.4 is 15.9 Å². The second-order valence-corrected chi connectivity index (χ2v) is 10.4. The van der Waals surface area contributed by atoms with Gasteiger partial charge < -0.3 is 6.42 Å². The summed E-state index contributed by atoms with van der Waals surface area (Å²) in [4.78, 5) is 0. The van der Waals surface area contributed by atoms with Crippen molar-refractivity contribution < 1.29 is 22.4 Å². The Morgan fingerprint density at radius 2 is 0.778 bits per heavy atom. The summed E-state index contributed by atoms with van der Waals surface area (Å²) in [5, 5.41) is 8.71. The summed E-state index contributed by atoms with van der Waals surface area (Å²) in [7, 11) is -0.446. The molecule has 176 valence electrons. The third kappa shape index (κ3) is 5.69. The fraction of sp³-hybridized carbons (Fsp3) is 0. The monoisotopic (exact) mass is 660 g/mol. The van der Waals surface area contributed by atoms with E-state index >= 15 is 0 Å². The molecule has 0 fully saturated rings. The first kappa shape index (κ1) is 25.7. The Kier molecular flexibility index (Phi) is 8.91. The molecule has 0 aliphatic carbocycles. The summed E-state index contributed by atoms with van der Waals surface area (Å²) < 4.78 is 0. The minimum atomic E-state index is -0.446. The number of benzene rings is 6. The Hall–Kier alpha value is -3.43. The summed E-state index contributed by atoms with van der Waals surface area (Å²) in [6, 6.07) is 50.7. The van der Waals surface area contributed by atoms with Gasteiger partial charge in [0, 0.05) is 0 Å². The average molecular weight is 661 g/mol. The van der Waals surface area contributed by atoms with Crippen LogP contribution in [0.3, 0.4) is 0 Å². The predicted octanol–water partition coefficient (Wildman–Crippen LogP) is 7.37. The number of hydrogen-bond donors (Lipinski definition) is 0. The Bertz CT molecular complexity index is 1440. The maximum atomic E-state index is 7.46. The smallest absolute Gasteiger partial charge is 0.366 e. The van der Waals surface area contributed by atoms with Crippen molar-refractivity contribution >= 4 is 45.4 Å². The molecule has 6 aromatic rings. The molecule has 0 atom stereocenters. The molecule has 0 nitrogen and oxygen atoms in total. The van der Waals surface area contributed by atoms with Crippen molar-refractivity contribution in [3.63, 3.8) is 0 Å². The molecule has 0 aliphatic heterocycles. The second-order valence-electron chi connectivity index (χ2n) is 8.16. The van der Waals surface area contributed by atoms with Gasteiger partial charge in [-0.25, -0.2) is 0 Å². The van der Waals surface area contributed by atoms with Gasteiger partial charge in [0.15, 0.2) is 0 Å². The van der Waals surface area contributed by atoms with E-state index in [9.17, 15) is 0 Å². The van der Waals surface area contributed by atoms with E-state index in [-0.39, 0.29) is 22.4 Å². The van der Waals surface area contributed by atoms with Gasteiger partial charge in [0.05, 0.1) is 0 Å².